The van der Waals surface area contributed by atoms with Gasteiger partial charge in [-0.05, 0) is 44.9 Å². The maximum absolute atomic E-state index is 13.1. The molecule has 3 rings (SSSR count). The molecule has 160 valence electrons. The smallest absolute Gasteiger partial charge is 0.325 e. The zero-order valence-electron chi connectivity index (χ0n) is 18.2. The lowest BCUT2D eigenvalue weighted by Crippen LogP contribution is -2.46. The Balaban J connectivity index is 1.80. The van der Waals surface area contributed by atoms with E-state index in [2.05, 4.69) is 16.8 Å². The molecular formula is C23H29N3O4. The third kappa shape index (κ3) is 3.84. The number of hydrogen-bond donors (Lipinski definition) is 1. The molecule has 1 N–H and O–H groups in total. The Hall–Kier alpha value is -3.09. The number of methoxy groups -OCH3 is 1. The fourth-order valence-electron chi connectivity index (χ4n) is 4.12. The van der Waals surface area contributed by atoms with Crippen LogP contribution in [0.5, 0.6) is 5.75 Å². The summed E-state index contributed by atoms with van der Waals surface area (Å²) >= 11 is 0. The lowest BCUT2D eigenvalue weighted by Gasteiger charge is -2.22. The van der Waals surface area contributed by atoms with Gasteiger partial charge in [0, 0.05) is 29.9 Å². The van der Waals surface area contributed by atoms with Crippen LogP contribution in [-0.2, 0) is 17.8 Å². The molecule has 1 aliphatic rings. The molecule has 7 nitrogen and oxygen atoms in total. The van der Waals surface area contributed by atoms with Gasteiger partial charge in [-0.3, -0.25) is 14.5 Å². The quantitative estimate of drug-likeness (QED) is 0.534. The fraction of sp³-hybridized carbons (Fsp3) is 0.435. The Bertz CT molecular complexity index is 994. The average molecular weight is 412 g/mol. The van der Waals surface area contributed by atoms with Gasteiger partial charge in [-0.15, -0.1) is 0 Å². The predicted octanol–water partition coefficient (Wildman–Crippen LogP) is 3.26. The standard InChI is InChI=1S/C23H29N3O4/c1-6-11-25-15(2)12-18(16(25)3)19(27)14-26-21(28)23(4,24-22(26)29)13-17-9-7-8-10-20(17)30-5/h7-10,12H,6,11,13-14H2,1-5H3,(H,24,29)/t23-/m1/s1. The van der Waals surface area contributed by atoms with Crippen molar-refractivity contribution < 1.29 is 19.1 Å². The first kappa shape index (κ1) is 21.6. The highest BCUT2D eigenvalue weighted by Gasteiger charge is 2.48. The van der Waals surface area contributed by atoms with Crippen molar-refractivity contribution in [2.75, 3.05) is 13.7 Å². The number of nitrogens with zero attached hydrogens (tertiary/aromatic N) is 2. The van der Waals surface area contributed by atoms with Gasteiger partial charge in [-0.25, -0.2) is 4.79 Å². The SMILES string of the molecule is CCCn1c(C)cc(C(=O)CN2C(=O)N[C@](C)(Cc3ccccc3OC)C2=O)c1C. The van der Waals surface area contributed by atoms with Crippen molar-refractivity contribution in [2.24, 2.45) is 0 Å². The Kier molecular flexibility index (Phi) is 6.01. The Morgan fingerprint density at radius 2 is 1.90 bits per heavy atom. The minimum Gasteiger partial charge on any atom is -0.496 e. The highest BCUT2D eigenvalue weighted by molar-refractivity contribution is 6.11. The summed E-state index contributed by atoms with van der Waals surface area (Å²) in [4.78, 5) is 39.7. The summed E-state index contributed by atoms with van der Waals surface area (Å²) in [7, 11) is 1.57. The van der Waals surface area contributed by atoms with Crippen molar-refractivity contribution in [1.29, 1.82) is 0 Å². The number of imide groups is 1. The van der Waals surface area contributed by atoms with Crippen LogP contribution in [0.15, 0.2) is 30.3 Å². The van der Waals surface area contributed by atoms with E-state index in [0.29, 0.717) is 11.3 Å². The molecule has 1 fully saturated rings. The second kappa shape index (κ2) is 8.34. The van der Waals surface area contributed by atoms with Gasteiger partial charge in [-0.2, -0.15) is 0 Å². The van der Waals surface area contributed by atoms with Gasteiger partial charge in [-0.1, -0.05) is 25.1 Å². The van der Waals surface area contributed by atoms with E-state index >= 15 is 0 Å². The molecule has 1 atom stereocenters. The van der Waals surface area contributed by atoms with E-state index in [-0.39, 0.29) is 18.7 Å². The van der Waals surface area contributed by atoms with Crippen LogP contribution in [0.25, 0.3) is 0 Å². The van der Waals surface area contributed by atoms with Crippen molar-refractivity contribution in [1.82, 2.24) is 14.8 Å². The van der Waals surface area contributed by atoms with Gasteiger partial charge in [0.15, 0.2) is 5.78 Å². The van der Waals surface area contributed by atoms with Gasteiger partial charge in [0.25, 0.3) is 5.91 Å². The number of ketones is 1. The number of carbonyl (C=O) groups excluding carboxylic acids is 3. The van der Waals surface area contributed by atoms with Crippen LogP contribution in [-0.4, -0.2) is 46.4 Å². The second-order valence-corrected chi connectivity index (χ2v) is 8.00. The van der Waals surface area contributed by atoms with Crippen molar-refractivity contribution >= 4 is 17.7 Å². The molecule has 7 heteroatoms. The number of aromatic nitrogens is 1. The minimum absolute atomic E-state index is 0.240. The summed E-state index contributed by atoms with van der Waals surface area (Å²) in [6.45, 7) is 8.16. The summed E-state index contributed by atoms with van der Waals surface area (Å²) in [5.41, 5.74) is 2.09. The number of rotatable bonds is 8. The summed E-state index contributed by atoms with van der Waals surface area (Å²) in [6, 6.07) is 8.66. The number of amides is 3. The molecule has 3 amide bonds. The summed E-state index contributed by atoms with van der Waals surface area (Å²) in [5.74, 6) is 0.00304. The van der Waals surface area contributed by atoms with E-state index in [1.165, 1.54) is 0 Å². The van der Waals surface area contributed by atoms with Crippen molar-refractivity contribution in [3.05, 3.63) is 52.8 Å². The Morgan fingerprint density at radius 3 is 2.57 bits per heavy atom. The van der Waals surface area contributed by atoms with Gasteiger partial charge in [0.2, 0.25) is 0 Å². The number of para-hydroxylation sites is 1. The second-order valence-electron chi connectivity index (χ2n) is 8.00. The van der Waals surface area contributed by atoms with Crippen LogP contribution in [0.2, 0.25) is 0 Å². The molecule has 0 radical (unpaired) electrons. The maximum atomic E-state index is 13.1. The van der Waals surface area contributed by atoms with Crippen molar-refractivity contribution in [3.8, 4) is 5.75 Å². The zero-order valence-corrected chi connectivity index (χ0v) is 18.2. The normalized spacial score (nSPS) is 18.6. The first-order valence-corrected chi connectivity index (χ1v) is 10.2. The first-order valence-electron chi connectivity index (χ1n) is 10.2. The lowest BCUT2D eigenvalue weighted by molar-refractivity contribution is -0.130. The largest absolute Gasteiger partial charge is 0.496 e. The Labute approximate surface area is 177 Å². The number of urea groups is 1. The topological polar surface area (TPSA) is 80.6 Å². The van der Waals surface area contributed by atoms with Crippen LogP contribution in [0.3, 0.4) is 0 Å². The van der Waals surface area contributed by atoms with E-state index in [1.807, 2.05) is 44.2 Å². The molecule has 1 saturated heterocycles. The van der Waals surface area contributed by atoms with Crippen molar-refractivity contribution in [3.63, 3.8) is 0 Å². The molecular weight excluding hydrogens is 382 g/mol. The van der Waals surface area contributed by atoms with Gasteiger partial charge >= 0.3 is 6.03 Å². The number of hydrogen-bond acceptors (Lipinski definition) is 4. The third-order valence-electron chi connectivity index (χ3n) is 5.70. The number of Topliss-reactive ketones (excluding diaryl/α,β-unsaturated/α-hetero) is 1. The van der Waals surface area contributed by atoms with Crippen LogP contribution < -0.4 is 10.1 Å². The fourth-order valence-corrected chi connectivity index (χ4v) is 4.12. The maximum Gasteiger partial charge on any atom is 0.325 e. The molecule has 0 aliphatic carbocycles. The van der Waals surface area contributed by atoms with E-state index in [9.17, 15) is 14.4 Å². The highest BCUT2D eigenvalue weighted by Crippen LogP contribution is 2.28. The van der Waals surface area contributed by atoms with Crippen LogP contribution in [0.4, 0.5) is 4.79 Å². The zero-order chi connectivity index (χ0) is 22.1. The molecule has 2 aromatic rings. The molecule has 0 spiro atoms. The lowest BCUT2D eigenvalue weighted by atomic mass is 9.92. The van der Waals surface area contributed by atoms with Crippen LogP contribution in [0.1, 0.15) is 47.6 Å². The minimum atomic E-state index is -1.13. The third-order valence-corrected chi connectivity index (χ3v) is 5.70. The molecule has 30 heavy (non-hydrogen) atoms. The first-order chi connectivity index (χ1) is 14.2. The van der Waals surface area contributed by atoms with Crippen LogP contribution in [0, 0.1) is 13.8 Å². The summed E-state index contributed by atoms with van der Waals surface area (Å²) < 4.78 is 7.45. The van der Waals surface area contributed by atoms with Crippen molar-refractivity contribution in [2.45, 2.75) is 52.6 Å². The van der Waals surface area contributed by atoms with E-state index in [4.69, 9.17) is 4.74 Å². The Morgan fingerprint density at radius 1 is 1.20 bits per heavy atom. The van der Waals surface area contributed by atoms with Gasteiger partial charge in [0.05, 0.1) is 13.7 Å². The molecule has 1 aromatic carbocycles. The number of carbonyl (C=O) groups is 3. The molecule has 0 saturated carbocycles. The van der Waals surface area contributed by atoms with Gasteiger partial charge in [0.1, 0.15) is 11.3 Å². The van der Waals surface area contributed by atoms with E-state index < -0.39 is 17.5 Å². The molecule has 1 aliphatic heterocycles. The highest BCUT2D eigenvalue weighted by atomic mass is 16.5. The number of benzene rings is 1. The monoisotopic (exact) mass is 411 g/mol. The van der Waals surface area contributed by atoms with Crippen LogP contribution >= 0.6 is 0 Å². The van der Waals surface area contributed by atoms with Gasteiger partial charge < -0.3 is 14.6 Å². The number of nitrogens with one attached hydrogen (secondary N) is 1. The molecule has 2 heterocycles. The number of aryl methyl sites for hydroxylation is 1. The van der Waals surface area contributed by atoms with E-state index in [1.54, 1.807) is 14.0 Å². The average Bonchev–Trinajstić information content (AvgIpc) is 3.10. The van der Waals surface area contributed by atoms with E-state index in [0.717, 1.165) is 34.8 Å². The summed E-state index contributed by atoms with van der Waals surface area (Å²) in [5, 5.41) is 2.76. The summed E-state index contributed by atoms with van der Waals surface area (Å²) in [6.07, 6.45) is 1.23. The molecule has 0 bridgehead atoms. The predicted molar refractivity (Wildman–Crippen MR) is 114 cm³/mol. The number of ether oxygens (including phenoxy) is 1. The molecule has 1 aromatic heterocycles. The molecule has 0 unspecified atom stereocenters.